The average Bonchev–Trinajstić information content (AvgIpc) is 3.06. The molecule has 0 saturated heterocycles. The number of amides is 2. The van der Waals surface area contributed by atoms with Crippen molar-refractivity contribution in [1.82, 2.24) is 10.3 Å². The minimum absolute atomic E-state index is 0.122. The number of methoxy groups -OCH3 is 1. The summed E-state index contributed by atoms with van der Waals surface area (Å²) in [5.74, 6) is 0.204. The first-order valence-corrected chi connectivity index (χ1v) is 9.55. The Balaban J connectivity index is 1.64. The number of carbonyl (C=O) groups is 2. The van der Waals surface area contributed by atoms with Crippen LogP contribution in [0.3, 0.4) is 0 Å². The Morgan fingerprint density at radius 1 is 1.11 bits per heavy atom. The molecule has 0 unspecified atom stereocenters. The van der Waals surface area contributed by atoms with Crippen LogP contribution in [0.4, 0.5) is 5.13 Å². The van der Waals surface area contributed by atoms with Gasteiger partial charge < -0.3 is 15.4 Å². The molecule has 7 heteroatoms. The molecule has 3 rings (SSSR count). The third kappa shape index (κ3) is 4.55. The van der Waals surface area contributed by atoms with Crippen molar-refractivity contribution in [3.8, 4) is 17.0 Å². The van der Waals surface area contributed by atoms with Crippen molar-refractivity contribution in [2.45, 2.75) is 13.8 Å². The molecule has 0 aliphatic heterocycles. The van der Waals surface area contributed by atoms with Crippen molar-refractivity contribution < 1.29 is 14.3 Å². The van der Waals surface area contributed by atoms with Crippen molar-refractivity contribution in [3.63, 3.8) is 0 Å². The van der Waals surface area contributed by atoms with E-state index in [1.54, 1.807) is 31.4 Å². The summed E-state index contributed by atoms with van der Waals surface area (Å²) in [5, 5.41) is 5.85. The maximum atomic E-state index is 12.2. The Labute approximate surface area is 167 Å². The van der Waals surface area contributed by atoms with Crippen LogP contribution in [0.5, 0.6) is 5.75 Å². The van der Waals surface area contributed by atoms with Gasteiger partial charge in [-0.1, -0.05) is 18.2 Å². The van der Waals surface area contributed by atoms with Crippen LogP contribution in [0, 0.1) is 13.8 Å². The van der Waals surface area contributed by atoms with Crippen LogP contribution >= 0.6 is 11.3 Å². The number of carbonyl (C=O) groups excluding carboxylic acids is 2. The number of hydrogen-bond acceptors (Lipinski definition) is 5. The van der Waals surface area contributed by atoms with Gasteiger partial charge in [0.15, 0.2) is 5.13 Å². The number of ether oxygens (including phenoxy) is 1. The normalized spacial score (nSPS) is 10.4. The molecular weight excluding hydrogens is 374 g/mol. The first-order chi connectivity index (χ1) is 13.5. The summed E-state index contributed by atoms with van der Waals surface area (Å²) in [6.45, 7) is 3.81. The Morgan fingerprint density at radius 3 is 2.54 bits per heavy atom. The van der Waals surface area contributed by atoms with Crippen molar-refractivity contribution in [2.24, 2.45) is 0 Å². The van der Waals surface area contributed by atoms with Gasteiger partial charge in [0.25, 0.3) is 5.91 Å². The fourth-order valence-electron chi connectivity index (χ4n) is 2.76. The minimum Gasteiger partial charge on any atom is -0.496 e. The van der Waals surface area contributed by atoms with Crippen LogP contribution in [0.2, 0.25) is 0 Å². The number of hydrogen-bond donors (Lipinski definition) is 2. The highest BCUT2D eigenvalue weighted by atomic mass is 32.1. The second kappa shape index (κ2) is 8.67. The summed E-state index contributed by atoms with van der Waals surface area (Å²) >= 11 is 1.40. The molecule has 0 saturated carbocycles. The standard InChI is InChI=1S/C21H21N3O3S/c1-13-11-16(9-10-17(13)27-3)19-14(2)28-21(24-19)23-18(25)12-22-20(26)15-7-5-4-6-8-15/h4-11H,12H2,1-3H3,(H,22,26)(H,23,24,25). The van der Waals surface area contributed by atoms with E-state index in [9.17, 15) is 9.59 Å². The van der Waals surface area contributed by atoms with Crippen LogP contribution in [0.25, 0.3) is 11.3 Å². The first-order valence-electron chi connectivity index (χ1n) is 8.73. The van der Waals surface area contributed by atoms with Gasteiger partial charge in [-0.2, -0.15) is 0 Å². The van der Waals surface area contributed by atoms with E-state index in [0.29, 0.717) is 10.7 Å². The summed E-state index contributed by atoms with van der Waals surface area (Å²) < 4.78 is 5.29. The lowest BCUT2D eigenvalue weighted by molar-refractivity contribution is -0.115. The average molecular weight is 395 g/mol. The van der Waals surface area contributed by atoms with E-state index >= 15 is 0 Å². The molecule has 2 aromatic carbocycles. The molecule has 3 aromatic rings. The fourth-order valence-corrected chi connectivity index (χ4v) is 3.61. The van der Waals surface area contributed by atoms with Crippen LogP contribution in [-0.2, 0) is 4.79 Å². The zero-order valence-electron chi connectivity index (χ0n) is 15.9. The van der Waals surface area contributed by atoms with Crippen LogP contribution in [0.15, 0.2) is 48.5 Å². The lowest BCUT2D eigenvalue weighted by atomic mass is 10.1. The zero-order chi connectivity index (χ0) is 20.1. The molecule has 0 aliphatic rings. The van der Waals surface area contributed by atoms with Crippen LogP contribution in [-0.4, -0.2) is 30.5 Å². The topological polar surface area (TPSA) is 80.3 Å². The van der Waals surface area contributed by atoms with E-state index in [1.165, 1.54) is 11.3 Å². The van der Waals surface area contributed by atoms with Gasteiger partial charge in [-0.15, -0.1) is 11.3 Å². The quantitative estimate of drug-likeness (QED) is 0.665. The largest absolute Gasteiger partial charge is 0.496 e. The molecule has 0 atom stereocenters. The van der Waals surface area contributed by atoms with Gasteiger partial charge in [-0.25, -0.2) is 4.98 Å². The highest BCUT2D eigenvalue weighted by Gasteiger charge is 2.14. The van der Waals surface area contributed by atoms with E-state index in [4.69, 9.17) is 4.74 Å². The second-order valence-corrected chi connectivity index (χ2v) is 7.41. The smallest absolute Gasteiger partial charge is 0.251 e. The van der Waals surface area contributed by atoms with E-state index in [-0.39, 0.29) is 18.4 Å². The van der Waals surface area contributed by atoms with Crippen molar-refractivity contribution in [2.75, 3.05) is 19.0 Å². The van der Waals surface area contributed by atoms with E-state index in [2.05, 4.69) is 15.6 Å². The summed E-state index contributed by atoms with van der Waals surface area (Å²) in [4.78, 5) is 29.7. The molecule has 2 N–H and O–H groups in total. The lowest BCUT2D eigenvalue weighted by Crippen LogP contribution is -2.32. The minimum atomic E-state index is -0.324. The third-order valence-electron chi connectivity index (χ3n) is 4.16. The van der Waals surface area contributed by atoms with Gasteiger partial charge in [0.2, 0.25) is 5.91 Å². The number of thiazole rings is 1. The van der Waals surface area contributed by atoms with Crippen molar-refractivity contribution in [3.05, 3.63) is 64.5 Å². The third-order valence-corrected chi connectivity index (χ3v) is 5.04. The molecule has 144 valence electrons. The molecule has 1 heterocycles. The highest BCUT2D eigenvalue weighted by Crippen LogP contribution is 2.32. The number of anilines is 1. The molecule has 2 amide bonds. The van der Waals surface area contributed by atoms with Gasteiger partial charge in [-0.3, -0.25) is 9.59 Å². The molecule has 6 nitrogen and oxygen atoms in total. The molecule has 0 radical (unpaired) electrons. The van der Waals surface area contributed by atoms with Gasteiger partial charge in [0.1, 0.15) is 5.75 Å². The number of benzene rings is 2. The van der Waals surface area contributed by atoms with Gasteiger partial charge in [-0.05, 0) is 49.7 Å². The van der Waals surface area contributed by atoms with E-state index < -0.39 is 0 Å². The maximum Gasteiger partial charge on any atom is 0.251 e. The highest BCUT2D eigenvalue weighted by molar-refractivity contribution is 7.16. The Hall–Kier alpha value is -3.19. The van der Waals surface area contributed by atoms with Crippen molar-refractivity contribution >= 4 is 28.3 Å². The summed E-state index contributed by atoms with van der Waals surface area (Å²) in [6.07, 6.45) is 0. The van der Waals surface area contributed by atoms with Crippen LogP contribution in [0.1, 0.15) is 20.8 Å². The number of aryl methyl sites for hydroxylation is 2. The number of aromatic nitrogens is 1. The summed E-state index contributed by atoms with van der Waals surface area (Å²) in [7, 11) is 1.64. The number of nitrogens with one attached hydrogen (secondary N) is 2. The molecule has 0 fully saturated rings. The fraction of sp³-hybridized carbons (Fsp3) is 0.190. The number of rotatable bonds is 6. The van der Waals surface area contributed by atoms with Gasteiger partial charge in [0, 0.05) is 16.0 Å². The molecule has 1 aromatic heterocycles. The zero-order valence-corrected chi connectivity index (χ0v) is 16.7. The predicted molar refractivity (Wildman–Crippen MR) is 111 cm³/mol. The van der Waals surface area contributed by atoms with E-state index in [1.807, 2.05) is 38.1 Å². The Morgan fingerprint density at radius 2 is 1.86 bits per heavy atom. The maximum absolute atomic E-state index is 12.2. The molecular formula is C21H21N3O3S. The van der Waals surface area contributed by atoms with Gasteiger partial charge >= 0.3 is 0 Å². The second-order valence-electron chi connectivity index (χ2n) is 6.21. The molecule has 0 aliphatic carbocycles. The monoisotopic (exact) mass is 395 g/mol. The molecule has 0 bridgehead atoms. The summed E-state index contributed by atoms with van der Waals surface area (Å²) in [5.41, 5.74) is 3.31. The van der Waals surface area contributed by atoms with Crippen molar-refractivity contribution in [1.29, 1.82) is 0 Å². The predicted octanol–water partition coefficient (Wildman–Crippen LogP) is 3.80. The van der Waals surface area contributed by atoms with E-state index in [0.717, 1.165) is 27.4 Å². The Kier molecular flexibility index (Phi) is 6.06. The number of nitrogens with zero attached hydrogens (tertiary/aromatic N) is 1. The lowest BCUT2D eigenvalue weighted by Gasteiger charge is -2.06. The molecule has 28 heavy (non-hydrogen) atoms. The summed E-state index contributed by atoms with van der Waals surface area (Å²) in [6, 6.07) is 14.6. The molecule has 0 spiro atoms. The SMILES string of the molecule is COc1ccc(-c2nc(NC(=O)CNC(=O)c3ccccc3)sc2C)cc1C. The van der Waals surface area contributed by atoms with Crippen LogP contribution < -0.4 is 15.4 Å². The Bertz CT molecular complexity index is 999. The first kappa shape index (κ1) is 19.6. The van der Waals surface area contributed by atoms with Gasteiger partial charge in [0.05, 0.1) is 19.3 Å².